The van der Waals surface area contributed by atoms with E-state index in [1.54, 1.807) is 19.1 Å². The summed E-state index contributed by atoms with van der Waals surface area (Å²) >= 11 is 0. The van der Waals surface area contributed by atoms with Crippen LogP contribution in [0.4, 0.5) is 18.0 Å². The minimum Gasteiger partial charge on any atom is -0.341 e. The number of hydrogen-bond acceptors (Lipinski definition) is 5. The van der Waals surface area contributed by atoms with Crippen LogP contribution in [0.15, 0.2) is 24.3 Å². The molecular formula is C18H22F3N3O5S. The smallest absolute Gasteiger partial charge is 0.341 e. The first-order chi connectivity index (χ1) is 13.9. The van der Waals surface area contributed by atoms with Crippen molar-refractivity contribution in [2.24, 2.45) is 0 Å². The molecule has 1 aromatic carbocycles. The van der Waals surface area contributed by atoms with E-state index in [0.717, 1.165) is 0 Å². The van der Waals surface area contributed by atoms with Gasteiger partial charge < -0.3 is 15.1 Å². The molecule has 1 heterocycles. The van der Waals surface area contributed by atoms with Crippen LogP contribution in [0.5, 0.6) is 0 Å². The maximum absolute atomic E-state index is 12.6. The zero-order valence-electron chi connectivity index (χ0n) is 16.2. The maximum Gasteiger partial charge on any atom is 0.471 e. The first-order valence-corrected chi connectivity index (χ1v) is 11.0. The summed E-state index contributed by atoms with van der Waals surface area (Å²) in [6.07, 6.45) is -5.06. The van der Waals surface area contributed by atoms with Crippen molar-refractivity contribution in [3.05, 3.63) is 35.4 Å². The normalized spacial score (nSPS) is 16.1. The van der Waals surface area contributed by atoms with Crippen LogP contribution in [0, 0.1) is 0 Å². The number of carbonyl (C=O) groups excluding carboxylic acids is 3. The lowest BCUT2D eigenvalue weighted by atomic mass is 10.1. The molecule has 0 saturated carbocycles. The largest absolute Gasteiger partial charge is 0.471 e. The molecule has 2 rings (SSSR count). The molecule has 30 heavy (non-hydrogen) atoms. The first kappa shape index (κ1) is 23.6. The van der Waals surface area contributed by atoms with E-state index in [9.17, 15) is 36.0 Å². The predicted molar refractivity (Wildman–Crippen MR) is 102 cm³/mol. The highest BCUT2D eigenvalue weighted by molar-refractivity contribution is 7.91. The number of sulfone groups is 1. The minimum absolute atomic E-state index is 0.0714. The summed E-state index contributed by atoms with van der Waals surface area (Å²) < 4.78 is 59.5. The Hall–Kier alpha value is -2.63. The van der Waals surface area contributed by atoms with Crippen molar-refractivity contribution >= 4 is 27.6 Å². The highest BCUT2D eigenvalue weighted by Gasteiger charge is 2.38. The van der Waals surface area contributed by atoms with Gasteiger partial charge in [0.2, 0.25) is 0 Å². The number of amides is 3. The molecule has 0 aromatic heterocycles. The van der Waals surface area contributed by atoms with Crippen molar-refractivity contribution < 1.29 is 36.0 Å². The molecule has 1 N–H and O–H groups in total. The number of rotatable bonds is 6. The standard InChI is InChI=1S/C18H22F3N3O5S/c1-2-23(17(27)24-7-9-30(28,29)10-8-24)12-13-3-5-14(6-4-13)15(25)11-22-16(26)18(19,20)21/h3-6H,2,7-12H2,1H3,(H,22,26). The lowest BCUT2D eigenvalue weighted by molar-refractivity contribution is -0.173. The van der Waals surface area contributed by atoms with Gasteiger partial charge in [-0.3, -0.25) is 9.59 Å². The number of Topliss-reactive ketones (excluding diaryl/α,β-unsaturated/α-hetero) is 1. The molecule has 166 valence electrons. The van der Waals surface area contributed by atoms with Gasteiger partial charge in [-0.2, -0.15) is 13.2 Å². The van der Waals surface area contributed by atoms with Gasteiger partial charge in [-0.15, -0.1) is 0 Å². The van der Waals surface area contributed by atoms with Crippen molar-refractivity contribution in [3.63, 3.8) is 0 Å². The van der Waals surface area contributed by atoms with Crippen LogP contribution in [0.25, 0.3) is 0 Å². The molecule has 1 aliphatic rings. The zero-order chi connectivity index (χ0) is 22.5. The summed E-state index contributed by atoms with van der Waals surface area (Å²) in [5.41, 5.74) is 0.808. The topological polar surface area (TPSA) is 104 Å². The van der Waals surface area contributed by atoms with E-state index >= 15 is 0 Å². The number of hydrogen-bond donors (Lipinski definition) is 1. The highest BCUT2D eigenvalue weighted by atomic mass is 32.2. The SMILES string of the molecule is CCN(Cc1ccc(C(=O)CNC(=O)C(F)(F)F)cc1)C(=O)N1CCS(=O)(=O)CC1. The predicted octanol–water partition coefficient (Wildman–Crippen LogP) is 1.22. The number of urea groups is 1. The molecule has 0 aliphatic carbocycles. The second-order valence-electron chi connectivity index (χ2n) is 6.74. The average molecular weight is 449 g/mol. The van der Waals surface area contributed by atoms with Crippen LogP contribution in [-0.4, -0.2) is 79.8 Å². The summed E-state index contributed by atoms with van der Waals surface area (Å²) in [6, 6.07) is 5.65. The van der Waals surface area contributed by atoms with Gasteiger partial charge >= 0.3 is 18.1 Å². The van der Waals surface area contributed by atoms with E-state index in [-0.39, 0.29) is 42.7 Å². The number of benzene rings is 1. The highest BCUT2D eigenvalue weighted by Crippen LogP contribution is 2.15. The lowest BCUT2D eigenvalue weighted by Crippen LogP contribution is -2.49. The molecule has 12 heteroatoms. The molecule has 1 aliphatic heterocycles. The molecular weight excluding hydrogens is 427 g/mol. The van der Waals surface area contributed by atoms with Crippen molar-refractivity contribution in [1.29, 1.82) is 0 Å². The molecule has 1 fully saturated rings. The Morgan fingerprint density at radius 2 is 1.67 bits per heavy atom. The van der Waals surface area contributed by atoms with Gasteiger partial charge in [-0.05, 0) is 12.5 Å². The average Bonchev–Trinajstić information content (AvgIpc) is 2.69. The van der Waals surface area contributed by atoms with Gasteiger partial charge in [0.05, 0.1) is 18.1 Å². The lowest BCUT2D eigenvalue weighted by Gasteiger charge is -2.32. The maximum atomic E-state index is 12.6. The molecule has 0 unspecified atom stereocenters. The quantitative estimate of drug-likeness (QED) is 0.658. The van der Waals surface area contributed by atoms with E-state index in [1.165, 1.54) is 27.2 Å². The summed E-state index contributed by atoms with van der Waals surface area (Å²) in [4.78, 5) is 38.3. The van der Waals surface area contributed by atoms with Crippen LogP contribution in [0.2, 0.25) is 0 Å². The van der Waals surface area contributed by atoms with Crippen molar-refractivity contribution in [1.82, 2.24) is 15.1 Å². The Balaban J connectivity index is 1.94. The van der Waals surface area contributed by atoms with E-state index in [4.69, 9.17) is 0 Å². The number of halogens is 3. The third-order valence-corrected chi connectivity index (χ3v) is 6.19. The summed E-state index contributed by atoms with van der Waals surface area (Å²) in [6.45, 7) is 1.86. The van der Waals surface area contributed by atoms with Crippen LogP contribution in [0.1, 0.15) is 22.8 Å². The van der Waals surface area contributed by atoms with E-state index in [1.807, 2.05) is 0 Å². The van der Waals surface area contributed by atoms with Gasteiger partial charge in [0.1, 0.15) is 0 Å². The molecule has 0 atom stereocenters. The van der Waals surface area contributed by atoms with E-state index in [0.29, 0.717) is 12.1 Å². The summed E-state index contributed by atoms with van der Waals surface area (Å²) in [5.74, 6) is -3.01. The Morgan fingerprint density at radius 3 is 2.17 bits per heavy atom. The van der Waals surface area contributed by atoms with Crippen molar-refractivity contribution in [2.45, 2.75) is 19.6 Å². The fourth-order valence-corrected chi connectivity index (χ4v) is 4.00. The Morgan fingerprint density at radius 1 is 1.10 bits per heavy atom. The van der Waals surface area contributed by atoms with Gasteiger partial charge in [-0.25, -0.2) is 13.2 Å². The molecule has 8 nitrogen and oxygen atoms in total. The number of ketones is 1. The van der Waals surface area contributed by atoms with Gasteiger partial charge in [0.15, 0.2) is 15.6 Å². The third kappa shape index (κ3) is 6.44. The molecule has 0 radical (unpaired) electrons. The van der Waals surface area contributed by atoms with Gasteiger partial charge in [0, 0.05) is 31.7 Å². The first-order valence-electron chi connectivity index (χ1n) is 9.14. The molecule has 1 aromatic rings. The molecule has 0 bridgehead atoms. The van der Waals surface area contributed by atoms with Gasteiger partial charge in [0.25, 0.3) is 0 Å². The second kappa shape index (κ2) is 9.45. The Labute approximate surface area is 171 Å². The van der Waals surface area contributed by atoms with Crippen LogP contribution >= 0.6 is 0 Å². The number of carbonyl (C=O) groups is 3. The number of nitrogens with one attached hydrogen (secondary N) is 1. The van der Waals surface area contributed by atoms with E-state index < -0.39 is 34.2 Å². The zero-order valence-corrected chi connectivity index (χ0v) is 17.1. The number of alkyl halides is 3. The van der Waals surface area contributed by atoms with E-state index in [2.05, 4.69) is 0 Å². The van der Waals surface area contributed by atoms with Crippen LogP contribution < -0.4 is 5.32 Å². The molecule has 0 spiro atoms. The molecule has 3 amide bonds. The second-order valence-corrected chi connectivity index (χ2v) is 9.04. The molecule has 1 saturated heterocycles. The summed E-state index contributed by atoms with van der Waals surface area (Å²) in [7, 11) is -3.10. The Kier molecular flexibility index (Phi) is 7.45. The monoisotopic (exact) mass is 449 g/mol. The number of nitrogens with zero attached hydrogens (tertiary/aromatic N) is 2. The van der Waals surface area contributed by atoms with Crippen LogP contribution in [-0.2, 0) is 21.2 Å². The third-order valence-electron chi connectivity index (χ3n) is 4.58. The Bertz CT molecular complexity index is 887. The van der Waals surface area contributed by atoms with Crippen molar-refractivity contribution in [2.75, 3.05) is 37.7 Å². The van der Waals surface area contributed by atoms with Gasteiger partial charge in [-0.1, -0.05) is 24.3 Å². The van der Waals surface area contributed by atoms with Crippen LogP contribution in [0.3, 0.4) is 0 Å². The van der Waals surface area contributed by atoms with Crippen molar-refractivity contribution in [3.8, 4) is 0 Å². The fourth-order valence-electron chi connectivity index (χ4n) is 2.80. The fraction of sp³-hybridized carbons (Fsp3) is 0.500. The minimum atomic E-state index is -5.06. The summed E-state index contributed by atoms with van der Waals surface area (Å²) in [5, 5.41) is 1.52.